The van der Waals surface area contributed by atoms with Gasteiger partial charge in [-0.05, 0) is 24.4 Å². The first-order chi connectivity index (χ1) is 7.33. The van der Waals surface area contributed by atoms with Crippen LogP contribution in [0.2, 0.25) is 0 Å². The van der Waals surface area contributed by atoms with Crippen LogP contribution in [0.25, 0.3) is 0 Å². The Morgan fingerprint density at radius 3 is 3.07 bits per heavy atom. The minimum absolute atomic E-state index is 0.320. The van der Waals surface area contributed by atoms with Gasteiger partial charge in [0, 0.05) is 12.5 Å². The van der Waals surface area contributed by atoms with Crippen molar-refractivity contribution in [3.05, 3.63) is 16.3 Å². The lowest BCUT2D eigenvalue weighted by Crippen LogP contribution is -2.20. The molecular formula is C12H17NOS. The number of hydrogen-bond donors (Lipinski definition) is 1. The van der Waals surface area contributed by atoms with E-state index in [1.54, 1.807) is 18.4 Å². The molecule has 1 N–H and O–H groups in total. The third-order valence-corrected chi connectivity index (χ3v) is 3.23. The second kappa shape index (κ2) is 6.49. The van der Waals surface area contributed by atoms with Gasteiger partial charge in [0.15, 0.2) is 0 Å². The summed E-state index contributed by atoms with van der Waals surface area (Å²) in [5, 5.41) is 5.48. The van der Waals surface area contributed by atoms with Gasteiger partial charge in [-0.2, -0.15) is 0 Å². The van der Waals surface area contributed by atoms with Crippen LogP contribution in [0.4, 0.5) is 0 Å². The van der Waals surface area contributed by atoms with E-state index >= 15 is 0 Å². The first-order valence-electron chi connectivity index (χ1n) is 5.11. The van der Waals surface area contributed by atoms with E-state index in [0.29, 0.717) is 6.04 Å². The number of thiophene rings is 1. The minimum Gasteiger partial charge on any atom is -0.496 e. The summed E-state index contributed by atoms with van der Waals surface area (Å²) in [6.07, 6.45) is 7.04. The van der Waals surface area contributed by atoms with Crippen LogP contribution < -0.4 is 10.1 Å². The van der Waals surface area contributed by atoms with Gasteiger partial charge in [0.1, 0.15) is 5.75 Å². The maximum Gasteiger partial charge on any atom is 0.134 e. The highest BCUT2D eigenvalue weighted by atomic mass is 32.1. The average molecular weight is 223 g/mol. The molecule has 0 amide bonds. The van der Waals surface area contributed by atoms with Crippen molar-refractivity contribution in [1.29, 1.82) is 0 Å². The number of hydrogen-bond acceptors (Lipinski definition) is 3. The fourth-order valence-electron chi connectivity index (χ4n) is 1.53. The predicted molar refractivity (Wildman–Crippen MR) is 65.4 cm³/mol. The van der Waals surface area contributed by atoms with Crippen molar-refractivity contribution >= 4 is 11.3 Å². The Kier molecular flexibility index (Phi) is 5.23. The Labute approximate surface area is 95.7 Å². The fraction of sp³-hybridized carbons (Fsp3) is 0.500. The lowest BCUT2D eigenvalue weighted by molar-refractivity contribution is 0.401. The van der Waals surface area contributed by atoms with Crippen LogP contribution in [0, 0.1) is 12.3 Å². The quantitative estimate of drug-likeness (QED) is 0.749. The molecule has 1 unspecified atom stereocenters. The normalized spacial score (nSPS) is 12.1. The van der Waals surface area contributed by atoms with E-state index in [1.807, 2.05) is 11.4 Å². The molecule has 0 radical (unpaired) electrons. The van der Waals surface area contributed by atoms with Gasteiger partial charge >= 0.3 is 0 Å². The Hall–Kier alpha value is -0.980. The summed E-state index contributed by atoms with van der Waals surface area (Å²) in [6.45, 7) is 3.04. The first-order valence-corrected chi connectivity index (χ1v) is 5.99. The van der Waals surface area contributed by atoms with E-state index in [4.69, 9.17) is 11.2 Å². The van der Waals surface area contributed by atoms with Gasteiger partial charge in [0.25, 0.3) is 0 Å². The summed E-state index contributed by atoms with van der Waals surface area (Å²) in [4.78, 5) is 1.25. The van der Waals surface area contributed by atoms with E-state index in [9.17, 15) is 0 Å². The summed E-state index contributed by atoms with van der Waals surface area (Å²) < 4.78 is 5.31. The standard InChI is InChI=1S/C12H17NOS/c1-4-6-7-10(13-5-2)12-11(14-3)8-9-15-12/h1,8-10,13H,5-7H2,2-3H3. The number of rotatable bonds is 6. The molecular weight excluding hydrogens is 206 g/mol. The summed E-state index contributed by atoms with van der Waals surface area (Å²) in [6, 6.07) is 2.32. The maximum atomic E-state index is 5.31. The summed E-state index contributed by atoms with van der Waals surface area (Å²) in [5.74, 6) is 3.64. The van der Waals surface area contributed by atoms with Crippen LogP contribution in [0.5, 0.6) is 5.75 Å². The zero-order valence-corrected chi connectivity index (χ0v) is 10.1. The van der Waals surface area contributed by atoms with Crippen molar-refractivity contribution < 1.29 is 4.74 Å². The van der Waals surface area contributed by atoms with Gasteiger partial charge in [-0.15, -0.1) is 23.7 Å². The highest BCUT2D eigenvalue weighted by Gasteiger charge is 2.15. The molecule has 0 saturated carbocycles. The highest BCUT2D eigenvalue weighted by molar-refractivity contribution is 7.10. The van der Waals surface area contributed by atoms with Gasteiger partial charge < -0.3 is 10.1 Å². The fourth-order valence-corrected chi connectivity index (χ4v) is 2.50. The smallest absolute Gasteiger partial charge is 0.134 e. The molecule has 0 fully saturated rings. The maximum absolute atomic E-state index is 5.31. The van der Waals surface area contributed by atoms with E-state index in [1.165, 1.54) is 4.88 Å². The Morgan fingerprint density at radius 1 is 1.67 bits per heavy atom. The SMILES string of the molecule is C#CCCC(NCC)c1sccc1OC. The van der Waals surface area contributed by atoms with Gasteiger partial charge in [-0.25, -0.2) is 0 Å². The minimum atomic E-state index is 0.320. The van der Waals surface area contributed by atoms with Crippen molar-refractivity contribution in [2.24, 2.45) is 0 Å². The lowest BCUT2D eigenvalue weighted by atomic mass is 10.1. The van der Waals surface area contributed by atoms with Crippen molar-refractivity contribution in [3.8, 4) is 18.1 Å². The molecule has 0 aliphatic heterocycles. The van der Waals surface area contributed by atoms with E-state index in [2.05, 4.69) is 18.2 Å². The Bertz CT molecular complexity index is 327. The topological polar surface area (TPSA) is 21.3 Å². The van der Waals surface area contributed by atoms with Crippen LogP contribution in [0.15, 0.2) is 11.4 Å². The molecule has 0 saturated heterocycles. The lowest BCUT2D eigenvalue weighted by Gasteiger charge is -2.16. The van der Waals surface area contributed by atoms with E-state index in [-0.39, 0.29) is 0 Å². The van der Waals surface area contributed by atoms with Crippen LogP contribution in [-0.4, -0.2) is 13.7 Å². The molecule has 2 nitrogen and oxygen atoms in total. The summed E-state index contributed by atoms with van der Waals surface area (Å²) >= 11 is 1.72. The first kappa shape index (κ1) is 12.1. The van der Waals surface area contributed by atoms with E-state index < -0.39 is 0 Å². The van der Waals surface area contributed by atoms with Crippen molar-refractivity contribution in [2.45, 2.75) is 25.8 Å². The van der Waals surface area contributed by atoms with Crippen LogP contribution >= 0.6 is 11.3 Å². The molecule has 0 aliphatic carbocycles. The monoisotopic (exact) mass is 223 g/mol. The summed E-state index contributed by atoms with van der Waals surface area (Å²) in [7, 11) is 1.70. The van der Waals surface area contributed by atoms with Crippen LogP contribution in [-0.2, 0) is 0 Å². The molecule has 1 heterocycles. The summed E-state index contributed by atoms with van der Waals surface area (Å²) in [5.41, 5.74) is 0. The molecule has 15 heavy (non-hydrogen) atoms. The predicted octanol–water partition coefficient (Wildman–Crippen LogP) is 2.82. The number of nitrogens with one attached hydrogen (secondary N) is 1. The number of ether oxygens (including phenoxy) is 1. The van der Waals surface area contributed by atoms with Crippen molar-refractivity contribution in [2.75, 3.05) is 13.7 Å². The van der Waals surface area contributed by atoms with Crippen LogP contribution in [0.3, 0.4) is 0 Å². The second-order valence-corrected chi connectivity index (χ2v) is 4.15. The van der Waals surface area contributed by atoms with Crippen molar-refractivity contribution in [1.82, 2.24) is 5.32 Å². The zero-order chi connectivity index (χ0) is 11.1. The van der Waals surface area contributed by atoms with Gasteiger partial charge in [-0.3, -0.25) is 0 Å². The zero-order valence-electron chi connectivity index (χ0n) is 9.25. The van der Waals surface area contributed by atoms with Gasteiger partial charge in [-0.1, -0.05) is 6.92 Å². The molecule has 0 aliphatic rings. The van der Waals surface area contributed by atoms with Crippen LogP contribution in [0.1, 0.15) is 30.7 Å². The molecule has 1 aromatic heterocycles. The number of terminal acetylenes is 1. The average Bonchev–Trinajstić information content (AvgIpc) is 2.72. The Morgan fingerprint density at radius 2 is 2.47 bits per heavy atom. The molecule has 0 bridgehead atoms. The molecule has 1 rings (SSSR count). The molecule has 0 aromatic carbocycles. The molecule has 1 atom stereocenters. The Balaban J connectivity index is 2.74. The molecule has 0 spiro atoms. The third kappa shape index (κ3) is 3.26. The van der Waals surface area contributed by atoms with Gasteiger partial charge in [0.2, 0.25) is 0 Å². The molecule has 82 valence electrons. The third-order valence-electron chi connectivity index (χ3n) is 2.22. The number of methoxy groups -OCH3 is 1. The molecule has 1 aromatic rings. The van der Waals surface area contributed by atoms with E-state index in [0.717, 1.165) is 25.1 Å². The largest absolute Gasteiger partial charge is 0.496 e. The van der Waals surface area contributed by atoms with Crippen molar-refractivity contribution in [3.63, 3.8) is 0 Å². The highest BCUT2D eigenvalue weighted by Crippen LogP contribution is 2.32. The molecule has 3 heteroatoms. The second-order valence-electron chi connectivity index (χ2n) is 3.21. The van der Waals surface area contributed by atoms with Gasteiger partial charge in [0.05, 0.1) is 12.0 Å².